The van der Waals surface area contributed by atoms with Gasteiger partial charge in [-0.15, -0.1) is 0 Å². The van der Waals surface area contributed by atoms with Crippen LogP contribution in [0.3, 0.4) is 0 Å². The Hall–Kier alpha value is -4.57. The summed E-state index contributed by atoms with van der Waals surface area (Å²) in [4.78, 5) is 25.9. The lowest BCUT2D eigenvalue weighted by Crippen LogP contribution is -2.07. The lowest BCUT2D eigenvalue weighted by Gasteiger charge is -2.12. The molecular weight excluding hydrogens is 523 g/mol. The Morgan fingerprint density at radius 3 is 2.13 bits per heavy atom. The topological polar surface area (TPSA) is 112 Å². The van der Waals surface area contributed by atoms with Crippen molar-refractivity contribution in [3.8, 4) is 0 Å². The molecule has 1 aromatic heterocycles. The Kier molecular flexibility index (Phi) is 8.93. The lowest BCUT2D eigenvalue weighted by molar-refractivity contribution is -0.137. The number of hydrogen-bond acceptors (Lipinski definition) is 5. The highest BCUT2D eigenvalue weighted by Gasteiger charge is 2.30. The van der Waals surface area contributed by atoms with E-state index in [1.165, 1.54) is 30.5 Å². The first kappa shape index (κ1) is 28.0. The Balaban J connectivity index is 0.000000212. The molecule has 4 N–H and O–H groups in total. The molecule has 0 bridgehead atoms. The number of nitrogens with zero attached hydrogens (tertiary/aromatic N) is 1. The van der Waals surface area contributed by atoms with E-state index in [4.69, 9.17) is 21.8 Å². The predicted molar refractivity (Wildman–Crippen MR) is 139 cm³/mol. The van der Waals surface area contributed by atoms with Gasteiger partial charge in [-0.1, -0.05) is 35.9 Å². The molecule has 0 spiro atoms. The molecule has 0 aliphatic heterocycles. The molecule has 11 heteroatoms. The first-order chi connectivity index (χ1) is 18.0. The molecule has 0 aliphatic carbocycles. The van der Waals surface area contributed by atoms with E-state index < -0.39 is 23.7 Å². The fourth-order valence-electron chi connectivity index (χ4n) is 3.25. The van der Waals surface area contributed by atoms with E-state index in [1.54, 1.807) is 30.3 Å². The van der Waals surface area contributed by atoms with Crippen molar-refractivity contribution in [1.29, 1.82) is 0 Å². The van der Waals surface area contributed by atoms with Gasteiger partial charge in [0.25, 0.3) is 0 Å². The Bertz CT molecular complexity index is 1460. The van der Waals surface area contributed by atoms with Crippen molar-refractivity contribution in [2.24, 2.45) is 0 Å². The van der Waals surface area contributed by atoms with Crippen LogP contribution >= 0.6 is 11.6 Å². The average Bonchev–Trinajstić information content (AvgIpc) is 2.87. The van der Waals surface area contributed by atoms with Crippen LogP contribution in [0.15, 0.2) is 85.1 Å². The van der Waals surface area contributed by atoms with Gasteiger partial charge >= 0.3 is 18.1 Å². The van der Waals surface area contributed by atoms with Crippen molar-refractivity contribution in [3.05, 3.63) is 112 Å². The number of rotatable bonds is 6. The fraction of sp³-hybridized carbons (Fsp3) is 0.0741. The minimum atomic E-state index is -4.46. The fourth-order valence-corrected chi connectivity index (χ4v) is 3.43. The molecule has 1 heterocycles. The van der Waals surface area contributed by atoms with Crippen LogP contribution in [0.4, 0.5) is 36.1 Å². The summed E-state index contributed by atoms with van der Waals surface area (Å²) in [6.45, 7) is 1.88. The maximum atomic E-state index is 12.6. The molecule has 4 rings (SSSR count). The van der Waals surface area contributed by atoms with Gasteiger partial charge in [-0.05, 0) is 67.1 Å². The van der Waals surface area contributed by atoms with Crippen LogP contribution in [-0.2, 0) is 6.18 Å². The van der Waals surface area contributed by atoms with Crippen molar-refractivity contribution in [2.75, 3.05) is 10.6 Å². The van der Waals surface area contributed by atoms with Gasteiger partial charge in [-0.3, -0.25) is 0 Å². The van der Waals surface area contributed by atoms with Crippen molar-refractivity contribution in [2.45, 2.75) is 13.1 Å². The first-order valence-electron chi connectivity index (χ1n) is 10.9. The second-order valence-corrected chi connectivity index (χ2v) is 8.20. The number of hydrogen-bond donors (Lipinski definition) is 4. The van der Waals surface area contributed by atoms with Gasteiger partial charge in [0.05, 0.1) is 16.8 Å². The first-order valence-corrected chi connectivity index (χ1v) is 11.3. The molecule has 0 unspecified atom stereocenters. The molecule has 196 valence electrons. The van der Waals surface area contributed by atoms with Gasteiger partial charge in [0.2, 0.25) is 0 Å². The summed E-state index contributed by atoms with van der Waals surface area (Å²) in [7, 11) is 0. The monoisotopic (exact) mass is 543 g/mol. The summed E-state index contributed by atoms with van der Waals surface area (Å²) in [6.07, 6.45) is -3.11. The van der Waals surface area contributed by atoms with Crippen LogP contribution in [0.2, 0.25) is 5.02 Å². The van der Waals surface area contributed by atoms with E-state index in [0.717, 1.165) is 23.4 Å². The summed E-state index contributed by atoms with van der Waals surface area (Å²) in [6, 6.07) is 19.4. The van der Waals surface area contributed by atoms with E-state index in [9.17, 15) is 22.8 Å². The highest BCUT2D eigenvalue weighted by atomic mass is 35.5. The molecule has 0 fully saturated rings. The summed E-state index contributed by atoms with van der Waals surface area (Å²) in [5.74, 6) is -2.19. The summed E-state index contributed by atoms with van der Waals surface area (Å²) >= 11 is 6.03. The number of aromatic carboxylic acids is 2. The second kappa shape index (κ2) is 12.1. The van der Waals surface area contributed by atoms with Gasteiger partial charge in [0.1, 0.15) is 11.4 Å². The Morgan fingerprint density at radius 2 is 1.45 bits per heavy atom. The van der Waals surface area contributed by atoms with E-state index >= 15 is 0 Å². The SMILES string of the molecule is Cc1c(Cl)cccc1Nc1ccccc1C(=O)O.O=C(O)c1cccnc1Nc1cccc(C(F)(F)F)c1. The van der Waals surface area contributed by atoms with Crippen molar-refractivity contribution in [3.63, 3.8) is 0 Å². The van der Waals surface area contributed by atoms with Crippen LogP contribution in [0, 0.1) is 6.92 Å². The summed E-state index contributed by atoms with van der Waals surface area (Å²) in [5, 5.41) is 24.4. The van der Waals surface area contributed by atoms with Gasteiger partial charge in [0, 0.05) is 22.6 Å². The quantitative estimate of drug-likeness (QED) is 0.198. The number of carboxylic acids is 2. The molecule has 0 saturated heterocycles. The zero-order valence-electron chi connectivity index (χ0n) is 19.8. The maximum Gasteiger partial charge on any atom is 0.416 e. The molecule has 38 heavy (non-hydrogen) atoms. The van der Waals surface area contributed by atoms with E-state index in [0.29, 0.717) is 10.7 Å². The molecule has 0 amide bonds. The zero-order valence-corrected chi connectivity index (χ0v) is 20.5. The molecular formula is C27H21ClF3N3O4. The van der Waals surface area contributed by atoms with Crippen LogP contribution in [0.5, 0.6) is 0 Å². The van der Waals surface area contributed by atoms with Gasteiger partial charge in [0.15, 0.2) is 0 Å². The number of pyridine rings is 1. The van der Waals surface area contributed by atoms with Crippen LogP contribution in [-0.4, -0.2) is 27.1 Å². The van der Waals surface area contributed by atoms with E-state index in [2.05, 4.69) is 15.6 Å². The number of para-hydroxylation sites is 1. The number of carboxylic acid groups (broad SMARTS) is 2. The Labute approximate surface area is 220 Å². The molecule has 4 aromatic rings. The zero-order chi connectivity index (χ0) is 27.9. The van der Waals surface area contributed by atoms with Crippen LogP contribution in [0.25, 0.3) is 0 Å². The Morgan fingerprint density at radius 1 is 0.816 bits per heavy atom. The van der Waals surface area contributed by atoms with Crippen LogP contribution < -0.4 is 10.6 Å². The third-order valence-corrected chi connectivity index (χ3v) is 5.59. The molecule has 0 aliphatic rings. The highest BCUT2D eigenvalue weighted by molar-refractivity contribution is 6.31. The lowest BCUT2D eigenvalue weighted by atomic mass is 10.1. The number of benzene rings is 3. The van der Waals surface area contributed by atoms with E-state index in [1.807, 2.05) is 19.1 Å². The molecule has 0 radical (unpaired) electrons. The van der Waals surface area contributed by atoms with E-state index in [-0.39, 0.29) is 22.6 Å². The molecule has 0 atom stereocenters. The number of nitrogens with one attached hydrogen (secondary N) is 2. The van der Waals surface area contributed by atoms with Crippen molar-refractivity contribution < 1.29 is 33.0 Å². The smallest absolute Gasteiger partial charge is 0.416 e. The third-order valence-electron chi connectivity index (χ3n) is 5.19. The number of carbonyl (C=O) groups is 2. The van der Waals surface area contributed by atoms with Crippen molar-refractivity contribution >= 4 is 46.4 Å². The standard InChI is InChI=1S/C14H12ClNO2.C13H9F3N2O2/c1-9-11(15)6-4-8-12(9)16-13-7-3-2-5-10(13)14(17)18;14-13(15,16)8-3-1-4-9(7-8)18-11-10(12(19)20)5-2-6-17-11/h2-8,16H,1H3,(H,17,18);1-7H,(H,17,18)(H,19,20). The minimum Gasteiger partial charge on any atom is -0.478 e. The van der Waals surface area contributed by atoms with Crippen molar-refractivity contribution in [1.82, 2.24) is 4.98 Å². The molecule has 7 nitrogen and oxygen atoms in total. The number of aromatic nitrogens is 1. The number of anilines is 4. The van der Waals surface area contributed by atoms with Gasteiger partial charge in [-0.25, -0.2) is 14.6 Å². The largest absolute Gasteiger partial charge is 0.478 e. The second-order valence-electron chi connectivity index (χ2n) is 7.80. The van der Waals surface area contributed by atoms with Crippen LogP contribution in [0.1, 0.15) is 31.8 Å². The molecule has 3 aromatic carbocycles. The number of halogens is 4. The predicted octanol–water partition coefficient (Wildman–Crippen LogP) is 7.63. The van der Waals surface area contributed by atoms with Gasteiger partial charge in [-0.2, -0.15) is 13.2 Å². The average molecular weight is 544 g/mol. The van der Waals surface area contributed by atoms with Gasteiger partial charge < -0.3 is 20.8 Å². The summed E-state index contributed by atoms with van der Waals surface area (Å²) < 4.78 is 37.7. The minimum absolute atomic E-state index is 0.0145. The normalized spacial score (nSPS) is 10.7. The third kappa shape index (κ3) is 7.23. The molecule has 0 saturated carbocycles. The maximum absolute atomic E-state index is 12.6. The summed E-state index contributed by atoms with van der Waals surface area (Å²) in [5.41, 5.74) is 1.64. The number of alkyl halides is 3. The highest BCUT2D eigenvalue weighted by Crippen LogP contribution is 2.31.